The molecule has 0 fully saturated rings. The standard InChI is InChI=1S/C61H50N3O.Pt/c1-60(2,3)49-31-32-55(53(40-49)42-21-11-7-12-22-42)64-56-29-18-28-51(58(56)63-59(64)52-27-15-16-30-57(52)65)46-35-45(41-19-9-6-10-20-41)36-47(37-46)54-39-44(33-34-62-54)43-23-17-26-50(38-43)61(4,5)48-24-13-8-14-25-48;/h6-36,38-40,65H,1-5H3;/q-1;. The molecule has 8 aromatic carbocycles. The Morgan fingerprint density at radius 2 is 1.08 bits per heavy atom. The number of nitrogens with zero attached hydrogens (tertiary/aromatic N) is 3. The van der Waals surface area contributed by atoms with Crippen molar-refractivity contribution in [3.63, 3.8) is 0 Å². The van der Waals surface area contributed by atoms with Crippen LogP contribution in [0.1, 0.15) is 51.3 Å². The molecule has 326 valence electrons. The molecule has 0 amide bonds. The molecule has 2 aromatic heterocycles. The van der Waals surface area contributed by atoms with Crippen molar-refractivity contribution in [2.24, 2.45) is 0 Å². The Morgan fingerprint density at radius 1 is 0.470 bits per heavy atom. The predicted octanol–water partition coefficient (Wildman–Crippen LogP) is 15.5. The number of aromatic nitrogens is 3. The SMILES string of the molecule is CC(C)(C)c1ccc(-n2c(-c3ccccc3O)nc3c(-c4[c-]c(-c5cc(-c6cccc(C(C)(C)c7ccccc7)c6)ccn5)cc(-c5ccccc5)c4)cccc32)c(-c2ccccc2)c1.[Pt]. The molecule has 0 atom stereocenters. The summed E-state index contributed by atoms with van der Waals surface area (Å²) in [6.45, 7) is 11.3. The van der Waals surface area contributed by atoms with Crippen LogP contribution in [0.2, 0.25) is 0 Å². The molecular weight excluding hydrogens is 986 g/mol. The van der Waals surface area contributed by atoms with Crippen molar-refractivity contribution in [3.8, 4) is 78.6 Å². The fourth-order valence-corrected chi connectivity index (χ4v) is 8.97. The number of hydrogen-bond acceptors (Lipinski definition) is 3. The second-order valence-corrected chi connectivity index (χ2v) is 18.4. The number of phenolic OH excluding ortho intramolecular Hbond substituents is 1. The Labute approximate surface area is 402 Å². The molecular formula is C61H50N3OPt-. The third-order valence-corrected chi connectivity index (χ3v) is 12.7. The first-order valence-electron chi connectivity index (χ1n) is 22.3. The van der Waals surface area contributed by atoms with E-state index in [2.05, 4.69) is 215 Å². The van der Waals surface area contributed by atoms with Crippen molar-refractivity contribution in [2.45, 2.75) is 45.4 Å². The maximum atomic E-state index is 11.5. The van der Waals surface area contributed by atoms with Gasteiger partial charge in [0.2, 0.25) is 0 Å². The second kappa shape index (κ2) is 18.0. The zero-order valence-corrected chi connectivity index (χ0v) is 40.0. The molecule has 0 radical (unpaired) electrons. The third-order valence-electron chi connectivity index (χ3n) is 12.7. The van der Waals surface area contributed by atoms with Crippen LogP contribution >= 0.6 is 0 Å². The average molecular weight is 1040 g/mol. The number of aromatic hydroxyl groups is 1. The number of phenols is 1. The minimum Gasteiger partial charge on any atom is -0.507 e. The fraction of sp³-hybridized carbons (Fsp3) is 0.115. The van der Waals surface area contributed by atoms with Gasteiger partial charge in [-0.3, -0.25) is 9.55 Å². The summed E-state index contributed by atoms with van der Waals surface area (Å²) < 4.78 is 2.21. The van der Waals surface area contributed by atoms with Crippen LogP contribution in [0.15, 0.2) is 206 Å². The van der Waals surface area contributed by atoms with Crippen molar-refractivity contribution >= 4 is 11.0 Å². The van der Waals surface area contributed by atoms with Gasteiger partial charge in [-0.25, -0.2) is 4.98 Å². The van der Waals surface area contributed by atoms with Crippen LogP contribution in [0.4, 0.5) is 0 Å². The van der Waals surface area contributed by atoms with Gasteiger partial charge < -0.3 is 5.11 Å². The van der Waals surface area contributed by atoms with Crippen molar-refractivity contribution in [3.05, 3.63) is 229 Å². The molecule has 0 unspecified atom stereocenters. The number of para-hydroxylation sites is 2. The summed E-state index contributed by atoms with van der Waals surface area (Å²) >= 11 is 0. The van der Waals surface area contributed by atoms with Gasteiger partial charge in [0.15, 0.2) is 0 Å². The average Bonchev–Trinajstić information content (AvgIpc) is 3.74. The Morgan fingerprint density at radius 3 is 1.80 bits per heavy atom. The maximum absolute atomic E-state index is 11.5. The van der Waals surface area contributed by atoms with E-state index < -0.39 is 0 Å². The van der Waals surface area contributed by atoms with Crippen molar-refractivity contribution in [1.29, 1.82) is 0 Å². The number of pyridine rings is 1. The van der Waals surface area contributed by atoms with E-state index in [1.165, 1.54) is 16.7 Å². The molecule has 10 aromatic rings. The van der Waals surface area contributed by atoms with Crippen molar-refractivity contribution < 1.29 is 26.2 Å². The van der Waals surface area contributed by atoms with Gasteiger partial charge in [-0.2, -0.15) is 0 Å². The monoisotopic (exact) mass is 1040 g/mol. The molecule has 0 aliphatic carbocycles. The summed E-state index contributed by atoms with van der Waals surface area (Å²) in [4.78, 5) is 10.5. The molecule has 10 rings (SSSR count). The van der Waals surface area contributed by atoms with Gasteiger partial charge in [0.05, 0.1) is 22.3 Å². The largest absolute Gasteiger partial charge is 0.507 e. The Kier molecular flexibility index (Phi) is 12.0. The number of benzene rings is 8. The summed E-state index contributed by atoms with van der Waals surface area (Å²) in [7, 11) is 0. The van der Waals surface area contributed by atoms with Crippen LogP contribution in [-0.2, 0) is 31.9 Å². The van der Waals surface area contributed by atoms with Gasteiger partial charge >= 0.3 is 0 Å². The molecule has 0 saturated heterocycles. The number of imidazole rings is 1. The van der Waals surface area contributed by atoms with E-state index in [1.807, 2.05) is 30.5 Å². The molecule has 0 bridgehead atoms. The summed E-state index contributed by atoms with van der Waals surface area (Å²) in [5.74, 6) is 0.816. The normalized spacial score (nSPS) is 11.7. The van der Waals surface area contributed by atoms with Crippen molar-refractivity contribution in [1.82, 2.24) is 14.5 Å². The number of rotatable bonds is 9. The van der Waals surface area contributed by atoms with E-state index in [4.69, 9.17) is 9.97 Å². The number of fused-ring (bicyclic) bond motifs is 1. The minimum absolute atomic E-state index is 0. The minimum atomic E-state index is -0.175. The van der Waals surface area contributed by atoms with Gasteiger partial charge in [-0.15, -0.1) is 23.8 Å². The topological polar surface area (TPSA) is 50.9 Å². The van der Waals surface area contributed by atoms with Crippen LogP contribution in [0.5, 0.6) is 5.75 Å². The summed E-state index contributed by atoms with van der Waals surface area (Å²) in [5.41, 5.74) is 16.9. The molecule has 1 N–H and O–H groups in total. The molecule has 5 heteroatoms. The summed E-state index contributed by atoms with van der Waals surface area (Å²) in [5, 5.41) is 11.5. The molecule has 2 heterocycles. The van der Waals surface area contributed by atoms with E-state index >= 15 is 0 Å². The van der Waals surface area contributed by atoms with Gasteiger partial charge in [0.1, 0.15) is 11.6 Å². The number of hydrogen-bond donors (Lipinski definition) is 1. The van der Waals surface area contributed by atoms with Crippen LogP contribution < -0.4 is 0 Å². The van der Waals surface area contributed by atoms with E-state index in [9.17, 15) is 5.11 Å². The first-order valence-corrected chi connectivity index (χ1v) is 22.3. The van der Waals surface area contributed by atoms with E-state index in [0.717, 1.165) is 72.5 Å². The van der Waals surface area contributed by atoms with E-state index in [0.29, 0.717) is 11.4 Å². The molecule has 4 nitrogen and oxygen atoms in total. The zero-order chi connectivity index (χ0) is 44.7. The Balaban J connectivity index is 0.00000548. The van der Waals surface area contributed by atoms with Crippen molar-refractivity contribution in [2.75, 3.05) is 0 Å². The van der Waals surface area contributed by atoms with E-state index in [-0.39, 0.29) is 37.6 Å². The first kappa shape index (κ1) is 44.1. The third kappa shape index (κ3) is 8.46. The van der Waals surface area contributed by atoms with Crippen LogP contribution in [0.25, 0.3) is 83.9 Å². The summed E-state index contributed by atoms with van der Waals surface area (Å²) in [6.07, 6.45) is 1.90. The van der Waals surface area contributed by atoms with E-state index in [1.54, 1.807) is 6.07 Å². The smallest absolute Gasteiger partial charge is 0.148 e. The van der Waals surface area contributed by atoms with Crippen LogP contribution in [0.3, 0.4) is 0 Å². The first-order chi connectivity index (χ1) is 31.5. The fourth-order valence-electron chi connectivity index (χ4n) is 8.97. The Hall–Kier alpha value is -7.13. The summed E-state index contributed by atoms with van der Waals surface area (Å²) in [6, 6.07) is 73.6. The zero-order valence-electron chi connectivity index (χ0n) is 37.7. The van der Waals surface area contributed by atoms with Gasteiger partial charge in [-0.05, 0) is 80.8 Å². The Bertz CT molecular complexity index is 3330. The van der Waals surface area contributed by atoms with Gasteiger partial charge in [0, 0.05) is 43.9 Å². The van der Waals surface area contributed by atoms with Gasteiger partial charge in [-0.1, -0.05) is 203 Å². The molecule has 0 saturated carbocycles. The van der Waals surface area contributed by atoms with Gasteiger partial charge in [0.25, 0.3) is 0 Å². The molecule has 0 aliphatic heterocycles. The van der Waals surface area contributed by atoms with Crippen LogP contribution in [0, 0.1) is 6.07 Å². The molecule has 0 spiro atoms. The predicted molar refractivity (Wildman–Crippen MR) is 269 cm³/mol. The second-order valence-electron chi connectivity index (χ2n) is 18.4. The van der Waals surface area contributed by atoms with Crippen LogP contribution in [-0.4, -0.2) is 19.6 Å². The quantitative estimate of drug-likeness (QED) is 0.147. The maximum Gasteiger partial charge on any atom is 0.148 e. The molecule has 0 aliphatic rings. The molecule has 66 heavy (non-hydrogen) atoms.